The van der Waals surface area contributed by atoms with E-state index in [2.05, 4.69) is 5.32 Å². The van der Waals surface area contributed by atoms with Gasteiger partial charge in [0, 0.05) is 17.8 Å². The van der Waals surface area contributed by atoms with E-state index >= 15 is 0 Å². The van der Waals surface area contributed by atoms with Crippen molar-refractivity contribution in [2.45, 2.75) is 48.4 Å². The number of anilines is 1. The number of hydrogen-bond acceptors (Lipinski definition) is 4. The van der Waals surface area contributed by atoms with Crippen LogP contribution in [0, 0.1) is 0 Å². The van der Waals surface area contributed by atoms with E-state index in [0.29, 0.717) is 5.69 Å². The number of benzene rings is 1. The molecule has 1 aromatic rings. The second-order valence-electron chi connectivity index (χ2n) is 5.03. The average Bonchev–Trinajstić information content (AvgIpc) is 2.42. The van der Waals surface area contributed by atoms with Crippen molar-refractivity contribution in [1.82, 2.24) is 0 Å². The lowest BCUT2D eigenvalue weighted by Gasteiger charge is -2.30. The first kappa shape index (κ1) is 15.2. The number of alkyl halides is 2. The molecular weight excluding hydrogens is 286 g/mol. The third-order valence-corrected chi connectivity index (χ3v) is 4.99. The fourth-order valence-corrected chi connectivity index (χ4v) is 3.12. The minimum Gasteiger partial charge on any atom is -0.381 e. The minimum absolute atomic E-state index is 0.0632. The molecular formula is C13H18F2N2O2S. The van der Waals surface area contributed by atoms with Gasteiger partial charge in [-0.25, -0.2) is 8.42 Å². The highest BCUT2D eigenvalue weighted by Gasteiger charge is 2.26. The second kappa shape index (κ2) is 6.05. The van der Waals surface area contributed by atoms with E-state index in [1.165, 1.54) is 24.3 Å². The normalized spacial score (nSPS) is 23.8. The maximum atomic E-state index is 12.4. The molecule has 112 valence electrons. The monoisotopic (exact) mass is 304 g/mol. The molecule has 1 aromatic carbocycles. The summed E-state index contributed by atoms with van der Waals surface area (Å²) in [5, 5.41) is 3.23. The van der Waals surface area contributed by atoms with Crippen molar-refractivity contribution in [2.75, 3.05) is 5.32 Å². The first-order valence-corrected chi connectivity index (χ1v) is 8.10. The summed E-state index contributed by atoms with van der Waals surface area (Å²) in [6, 6.07) is 5.58. The predicted molar refractivity (Wildman–Crippen MR) is 73.5 cm³/mol. The van der Waals surface area contributed by atoms with Gasteiger partial charge in [-0.05, 0) is 37.1 Å². The maximum Gasteiger partial charge on any atom is 0.341 e. The Kier molecular flexibility index (Phi) is 4.59. The SMILES string of the molecule is N[C@@H]1CCCC[C@H]1Nc1ccc(S(=O)(=O)C(F)F)cc1. The summed E-state index contributed by atoms with van der Waals surface area (Å²) in [6.45, 7) is 0. The Bertz CT molecular complexity index is 546. The van der Waals surface area contributed by atoms with Crippen LogP contribution in [0.15, 0.2) is 29.2 Å². The topological polar surface area (TPSA) is 72.2 Å². The number of nitrogens with two attached hydrogens (primary N) is 1. The number of rotatable bonds is 4. The second-order valence-corrected chi connectivity index (χ2v) is 6.95. The highest BCUT2D eigenvalue weighted by atomic mass is 32.2. The van der Waals surface area contributed by atoms with E-state index in [1.807, 2.05) is 0 Å². The molecule has 0 aromatic heterocycles. The van der Waals surface area contributed by atoms with Gasteiger partial charge in [0.25, 0.3) is 0 Å². The van der Waals surface area contributed by atoms with E-state index in [0.717, 1.165) is 25.7 Å². The van der Waals surface area contributed by atoms with Gasteiger partial charge in [-0.3, -0.25) is 0 Å². The molecule has 1 saturated carbocycles. The summed E-state index contributed by atoms with van der Waals surface area (Å²) in [4.78, 5) is -0.369. The molecule has 3 N–H and O–H groups in total. The molecule has 0 radical (unpaired) electrons. The lowest BCUT2D eigenvalue weighted by atomic mass is 9.91. The van der Waals surface area contributed by atoms with Gasteiger partial charge in [-0.15, -0.1) is 0 Å². The van der Waals surface area contributed by atoms with Gasteiger partial charge in [0.2, 0.25) is 9.84 Å². The number of halogens is 2. The number of sulfone groups is 1. The Morgan fingerprint density at radius 3 is 2.30 bits per heavy atom. The minimum atomic E-state index is -4.52. The van der Waals surface area contributed by atoms with Crippen LogP contribution in [0.3, 0.4) is 0 Å². The zero-order chi connectivity index (χ0) is 14.8. The quantitative estimate of drug-likeness (QED) is 0.895. The highest BCUT2D eigenvalue weighted by Crippen LogP contribution is 2.23. The van der Waals surface area contributed by atoms with E-state index in [9.17, 15) is 17.2 Å². The van der Waals surface area contributed by atoms with Crippen LogP contribution in [-0.2, 0) is 9.84 Å². The van der Waals surface area contributed by atoms with Crippen LogP contribution in [0.2, 0.25) is 0 Å². The lowest BCUT2D eigenvalue weighted by Crippen LogP contribution is -2.42. The van der Waals surface area contributed by atoms with Crippen LogP contribution >= 0.6 is 0 Å². The molecule has 1 fully saturated rings. The Morgan fingerprint density at radius 1 is 1.15 bits per heavy atom. The van der Waals surface area contributed by atoms with Gasteiger partial charge in [-0.2, -0.15) is 8.78 Å². The predicted octanol–water partition coefficient (Wildman–Crippen LogP) is 2.36. The molecule has 2 atom stereocenters. The highest BCUT2D eigenvalue weighted by molar-refractivity contribution is 7.91. The van der Waals surface area contributed by atoms with Crippen LogP contribution in [0.4, 0.5) is 14.5 Å². The van der Waals surface area contributed by atoms with Crippen molar-refractivity contribution in [2.24, 2.45) is 5.73 Å². The largest absolute Gasteiger partial charge is 0.381 e. The van der Waals surface area contributed by atoms with Crippen molar-refractivity contribution in [3.8, 4) is 0 Å². The summed E-state index contributed by atoms with van der Waals surface area (Å²) < 4.78 is 47.4. The summed E-state index contributed by atoms with van der Waals surface area (Å²) in [5.74, 6) is -3.40. The standard InChI is InChI=1S/C13H18F2N2O2S/c14-13(15)20(18,19)10-7-5-9(6-8-10)17-12-4-2-1-3-11(12)16/h5-8,11-13,17H,1-4,16H2/t11-,12-/m1/s1. The Balaban J connectivity index is 2.09. The molecule has 0 aliphatic heterocycles. The van der Waals surface area contributed by atoms with Crippen LogP contribution in [0.5, 0.6) is 0 Å². The van der Waals surface area contributed by atoms with Gasteiger partial charge in [-0.1, -0.05) is 12.8 Å². The fourth-order valence-electron chi connectivity index (χ4n) is 2.40. The van der Waals surface area contributed by atoms with Crippen LogP contribution in [0.1, 0.15) is 25.7 Å². The Morgan fingerprint density at radius 2 is 1.75 bits per heavy atom. The van der Waals surface area contributed by atoms with E-state index in [4.69, 9.17) is 5.73 Å². The van der Waals surface area contributed by atoms with Gasteiger partial charge in [0.15, 0.2) is 0 Å². The van der Waals surface area contributed by atoms with Crippen molar-refractivity contribution in [3.05, 3.63) is 24.3 Å². The fraction of sp³-hybridized carbons (Fsp3) is 0.538. The van der Waals surface area contributed by atoms with Crippen LogP contribution in [0.25, 0.3) is 0 Å². The van der Waals surface area contributed by atoms with E-state index in [1.54, 1.807) is 0 Å². The molecule has 4 nitrogen and oxygen atoms in total. The molecule has 2 rings (SSSR count). The molecule has 1 aliphatic carbocycles. The first-order chi connectivity index (χ1) is 9.41. The maximum absolute atomic E-state index is 12.4. The van der Waals surface area contributed by atoms with Crippen molar-refractivity contribution in [1.29, 1.82) is 0 Å². The van der Waals surface area contributed by atoms with Crippen molar-refractivity contribution >= 4 is 15.5 Å². The van der Waals surface area contributed by atoms with Crippen molar-refractivity contribution < 1.29 is 17.2 Å². The third-order valence-electron chi connectivity index (χ3n) is 3.59. The number of hydrogen-bond donors (Lipinski definition) is 2. The Labute approximate surface area is 117 Å². The summed E-state index contributed by atoms with van der Waals surface area (Å²) in [7, 11) is -4.52. The molecule has 1 aliphatic rings. The third kappa shape index (κ3) is 3.27. The van der Waals surface area contributed by atoms with E-state index < -0.39 is 15.6 Å². The van der Waals surface area contributed by atoms with Crippen LogP contribution in [-0.4, -0.2) is 26.3 Å². The smallest absolute Gasteiger partial charge is 0.341 e. The van der Waals surface area contributed by atoms with Crippen molar-refractivity contribution in [3.63, 3.8) is 0 Å². The molecule has 0 heterocycles. The van der Waals surface area contributed by atoms with Crippen LogP contribution < -0.4 is 11.1 Å². The lowest BCUT2D eigenvalue weighted by molar-refractivity contribution is 0.234. The first-order valence-electron chi connectivity index (χ1n) is 6.55. The van der Waals surface area contributed by atoms with Gasteiger partial charge < -0.3 is 11.1 Å². The molecule has 0 amide bonds. The zero-order valence-electron chi connectivity index (χ0n) is 10.9. The number of nitrogens with one attached hydrogen (secondary N) is 1. The van der Waals surface area contributed by atoms with Gasteiger partial charge in [0.05, 0.1) is 4.90 Å². The molecule has 0 saturated heterocycles. The zero-order valence-corrected chi connectivity index (χ0v) is 11.7. The molecule has 7 heteroatoms. The summed E-state index contributed by atoms with van der Waals surface area (Å²) in [5.41, 5.74) is 6.70. The summed E-state index contributed by atoms with van der Waals surface area (Å²) >= 11 is 0. The Hall–Kier alpha value is -1.21. The molecule has 0 bridgehead atoms. The van der Waals surface area contributed by atoms with E-state index in [-0.39, 0.29) is 17.0 Å². The average molecular weight is 304 g/mol. The van der Waals surface area contributed by atoms with Gasteiger partial charge >= 0.3 is 5.76 Å². The summed E-state index contributed by atoms with van der Waals surface area (Å²) in [6.07, 6.45) is 4.13. The molecule has 0 unspecified atom stereocenters. The molecule has 0 spiro atoms. The van der Waals surface area contributed by atoms with Gasteiger partial charge in [0.1, 0.15) is 0 Å². The molecule has 20 heavy (non-hydrogen) atoms.